The van der Waals surface area contributed by atoms with Gasteiger partial charge in [-0.25, -0.2) is 4.98 Å². The van der Waals surface area contributed by atoms with Crippen LogP contribution >= 0.6 is 11.6 Å². The van der Waals surface area contributed by atoms with Crippen molar-refractivity contribution in [3.05, 3.63) is 40.7 Å². The Morgan fingerprint density at radius 2 is 2.16 bits per heavy atom. The lowest BCUT2D eigenvalue weighted by Gasteiger charge is -2.07. The zero-order chi connectivity index (χ0) is 13.6. The van der Waals surface area contributed by atoms with Crippen molar-refractivity contribution in [1.29, 1.82) is 0 Å². The minimum absolute atomic E-state index is 0.464. The van der Waals surface area contributed by atoms with Crippen molar-refractivity contribution < 1.29 is 0 Å². The lowest BCUT2D eigenvalue weighted by molar-refractivity contribution is 0.734. The standard InChI is InChI=1S/C13H14ClN5/c1-8-9(6-16-18(8)2)7-19-12-10(14)4-3-5-11(12)17-13(19)15/h3-6H,7H2,1-2H3,(H2,15,17). The molecule has 1 aromatic carbocycles. The molecule has 0 spiro atoms. The van der Waals surface area contributed by atoms with E-state index in [9.17, 15) is 0 Å². The van der Waals surface area contributed by atoms with Gasteiger partial charge < -0.3 is 10.3 Å². The van der Waals surface area contributed by atoms with E-state index in [1.54, 1.807) is 0 Å². The van der Waals surface area contributed by atoms with Crippen molar-refractivity contribution in [3.8, 4) is 0 Å². The molecule has 5 nitrogen and oxygen atoms in total. The average molecular weight is 276 g/mol. The highest BCUT2D eigenvalue weighted by Crippen LogP contribution is 2.26. The lowest BCUT2D eigenvalue weighted by Crippen LogP contribution is -2.05. The molecule has 0 aliphatic heterocycles. The molecule has 0 atom stereocenters. The van der Waals surface area contributed by atoms with Gasteiger partial charge in [0.1, 0.15) is 0 Å². The second-order valence-corrected chi connectivity index (χ2v) is 4.95. The molecule has 3 rings (SSSR count). The molecule has 0 unspecified atom stereocenters. The number of rotatable bonds is 2. The van der Waals surface area contributed by atoms with Crippen LogP contribution in [0.3, 0.4) is 0 Å². The third kappa shape index (κ3) is 1.86. The predicted molar refractivity (Wildman–Crippen MR) is 76.2 cm³/mol. The van der Waals surface area contributed by atoms with Gasteiger partial charge in [0, 0.05) is 18.3 Å². The Balaban J connectivity index is 2.15. The number of imidazole rings is 1. The summed E-state index contributed by atoms with van der Waals surface area (Å²) in [6, 6.07) is 5.62. The van der Waals surface area contributed by atoms with Gasteiger partial charge in [0.05, 0.1) is 28.8 Å². The number of hydrogen-bond acceptors (Lipinski definition) is 3. The summed E-state index contributed by atoms with van der Waals surface area (Å²) < 4.78 is 3.76. The fourth-order valence-corrected chi connectivity index (χ4v) is 2.46. The highest BCUT2D eigenvalue weighted by molar-refractivity contribution is 6.35. The van der Waals surface area contributed by atoms with E-state index < -0.39 is 0 Å². The smallest absolute Gasteiger partial charge is 0.201 e. The molecule has 0 fully saturated rings. The van der Waals surface area contributed by atoms with E-state index in [2.05, 4.69) is 10.1 Å². The van der Waals surface area contributed by atoms with E-state index in [0.29, 0.717) is 17.5 Å². The molecule has 6 heteroatoms. The summed E-state index contributed by atoms with van der Waals surface area (Å²) in [5, 5.41) is 4.89. The minimum atomic E-state index is 0.464. The van der Waals surface area contributed by atoms with Crippen molar-refractivity contribution >= 4 is 28.6 Å². The number of nitrogens with two attached hydrogens (primary N) is 1. The maximum atomic E-state index is 6.25. The highest BCUT2D eigenvalue weighted by Gasteiger charge is 2.13. The Labute approximate surface area is 115 Å². The van der Waals surface area contributed by atoms with E-state index in [4.69, 9.17) is 17.3 Å². The van der Waals surface area contributed by atoms with Crippen LogP contribution < -0.4 is 5.73 Å². The maximum absolute atomic E-state index is 6.25. The molecule has 19 heavy (non-hydrogen) atoms. The molecule has 0 saturated carbocycles. The summed E-state index contributed by atoms with van der Waals surface area (Å²) in [6.45, 7) is 2.64. The van der Waals surface area contributed by atoms with Crippen LogP contribution in [0.1, 0.15) is 11.3 Å². The summed E-state index contributed by atoms with van der Waals surface area (Å²) in [6.07, 6.45) is 1.84. The Morgan fingerprint density at radius 1 is 1.37 bits per heavy atom. The Kier molecular flexibility index (Phi) is 2.71. The zero-order valence-electron chi connectivity index (χ0n) is 10.8. The van der Waals surface area contributed by atoms with Crippen LogP contribution in [0, 0.1) is 6.92 Å². The SMILES string of the molecule is Cc1c(Cn2c(N)nc3cccc(Cl)c32)cnn1C. The van der Waals surface area contributed by atoms with E-state index in [1.807, 2.05) is 47.6 Å². The Bertz CT molecular complexity index is 756. The van der Waals surface area contributed by atoms with Crippen LogP contribution in [0.25, 0.3) is 11.0 Å². The number of aryl methyl sites for hydroxylation is 1. The van der Waals surface area contributed by atoms with Crippen molar-refractivity contribution in [1.82, 2.24) is 19.3 Å². The van der Waals surface area contributed by atoms with E-state index in [0.717, 1.165) is 22.3 Å². The van der Waals surface area contributed by atoms with Crippen LogP contribution in [-0.2, 0) is 13.6 Å². The average Bonchev–Trinajstić information content (AvgIpc) is 2.85. The van der Waals surface area contributed by atoms with Gasteiger partial charge in [-0.2, -0.15) is 5.10 Å². The molecular formula is C13H14ClN5. The van der Waals surface area contributed by atoms with Crippen LogP contribution in [0.15, 0.2) is 24.4 Å². The third-order valence-corrected chi connectivity index (χ3v) is 3.72. The number of para-hydroxylation sites is 1. The molecule has 2 aromatic heterocycles. The first-order valence-electron chi connectivity index (χ1n) is 5.95. The van der Waals surface area contributed by atoms with Crippen LogP contribution in [0.4, 0.5) is 5.95 Å². The highest BCUT2D eigenvalue weighted by atomic mass is 35.5. The molecule has 2 heterocycles. The van der Waals surface area contributed by atoms with E-state index in [1.165, 1.54) is 0 Å². The summed E-state index contributed by atoms with van der Waals surface area (Å²) in [5.41, 5.74) is 9.88. The van der Waals surface area contributed by atoms with Gasteiger partial charge in [-0.3, -0.25) is 4.68 Å². The molecule has 0 aliphatic rings. The molecule has 0 saturated heterocycles. The van der Waals surface area contributed by atoms with Gasteiger partial charge >= 0.3 is 0 Å². The molecule has 0 radical (unpaired) electrons. The summed E-state index contributed by atoms with van der Waals surface area (Å²) in [7, 11) is 1.92. The molecule has 0 bridgehead atoms. The second kappa shape index (κ2) is 4.28. The largest absolute Gasteiger partial charge is 0.369 e. The number of anilines is 1. The molecule has 0 amide bonds. The van der Waals surface area contributed by atoms with Crippen molar-refractivity contribution in [2.75, 3.05) is 5.73 Å². The monoisotopic (exact) mass is 275 g/mol. The number of hydrogen-bond donors (Lipinski definition) is 1. The van der Waals surface area contributed by atoms with Gasteiger partial charge in [0.15, 0.2) is 0 Å². The quantitative estimate of drug-likeness (QED) is 0.781. The topological polar surface area (TPSA) is 61.7 Å². The van der Waals surface area contributed by atoms with Crippen molar-refractivity contribution in [2.24, 2.45) is 7.05 Å². The maximum Gasteiger partial charge on any atom is 0.201 e. The van der Waals surface area contributed by atoms with Gasteiger partial charge in [-0.1, -0.05) is 17.7 Å². The summed E-state index contributed by atoms with van der Waals surface area (Å²) in [4.78, 5) is 4.34. The second-order valence-electron chi connectivity index (χ2n) is 4.54. The third-order valence-electron chi connectivity index (χ3n) is 3.41. The Morgan fingerprint density at radius 3 is 2.84 bits per heavy atom. The zero-order valence-corrected chi connectivity index (χ0v) is 11.5. The van der Waals surface area contributed by atoms with Gasteiger partial charge in [0.2, 0.25) is 5.95 Å². The van der Waals surface area contributed by atoms with Crippen molar-refractivity contribution in [3.63, 3.8) is 0 Å². The van der Waals surface area contributed by atoms with Gasteiger partial charge in [-0.05, 0) is 19.1 Å². The molecule has 3 aromatic rings. The van der Waals surface area contributed by atoms with Gasteiger partial charge in [0.25, 0.3) is 0 Å². The minimum Gasteiger partial charge on any atom is -0.369 e. The Hall–Kier alpha value is -2.01. The van der Waals surface area contributed by atoms with E-state index in [-0.39, 0.29) is 0 Å². The normalized spacial score (nSPS) is 11.3. The molecular weight excluding hydrogens is 262 g/mol. The molecule has 98 valence electrons. The van der Waals surface area contributed by atoms with Crippen LogP contribution in [0.2, 0.25) is 5.02 Å². The lowest BCUT2D eigenvalue weighted by atomic mass is 10.2. The number of nitrogen functional groups attached to an aromatic ring is 1. The summed E-state index contributed by atoms with van der Waals surface area (Å²) >= 11 is 6.25. The molecule has 0 aliphatic carbocycles. The first kappa shape index (κ1) is 12.0. The fraction of sp³-hybridized carbons (Fsp3) is 0.231. The summed E-state index contributed by atoms with van der Waals surface area (Å²) in [5.74, 6) is 0.464. The van der Waals surface area contributed by atoms with Crippen LogP contribution in [-0.4, -0.2) is 19.3 Å². The van der Waals surface area contributed by atoms with E-state index >= 15 is 0 Å². The molecule has 2 N–H and O–H groups in total. The van der Waals surface area contributed by atoms with Gasteiger partial charge in [-0.15, -0.1) is 0 Å². The number of fused-ring (bicyclic) bond motifs is 1. The first-order valence-corrected chi connectivity index (χ1v) is 6.33. The number of aromatic nitrogens is 4. The predicted octanol–water partition coefficient (Wildman–Crippen LogP) is 2.36. The number of halogens is 1. The van der Waals surface area contributed by atoms with Crippen molar-refractivity contribution in [2.45, 2.75) is 13.5 Å². The number of nitrogens with zero attached hydrogens (tertiary/aromatic N) is 4. The van der Waals surface area contributed by atoms with Crippen LogP contribution in [0.5, 0.6) is 0 Å². The number of benzene rings is 1. The first-order chi connectivity index (χ1) is 9.08. The fourth-order valence-electron chi connectivity index (χ4n) is 2.19.